The summed E-state index contributed by atoms with van der Waals surface area (Å²) in [7, 11) is 0. The Labute approximate surface area is 230 Å². The molecular weight excluding hydrogens is 496 g/mol. The van der Waals surface area contributed by atoms with E-state index in [9.17, 15) is 20.1 Å². The van der Waals surface area contributed by atoms with E-state index in [1.54, 1.807) is 0 Å². The predicted octanol–water partition coefficient (Wildman–Crippen LogP) is 5.61. The highest BCUT2D eigenvalue weighted by molar-refractivity contribution is 7.22. The molecule has 4 saturated carbocycles. The summed E-state index contributed by atoms with van der Waals surface area (Å²) >= 11 is 1.50. The monoisotopic (exact) mass is 540 g/mol. The molecule has 0 bridgehead atoms. The Morgan fingerprint density at radius 3 is 2.68 bits per heavy atom. The van der Waals surface area contributed by atoms with E-state index in [1.807, 2.05) is 24.3 Å². The second-order valence-electron chi connectivity index (χ2n) is 13.6. The van der Waals surface area contributed by atoms with Crippen LogP contribution in [0.15, 0.2) is 24.3 Å². The van der Waals surface area contributed by atoms with Crippen molar-refractivity contribution in [1.29, 1.82) is 0 Å². The summed E-state index contributed by atoms with van der Waals surface area (Å²) < 4.78 is 1.07. The highest BCUT2D eigenvalue weighted by Gasteiger charge is 2.65. The number of nitrogens with zero attached hydrogens (tertiary/aromatic N) is 1. The lowest BCUT2D eigenvalue weighted by atomic mass is 9.43. The number of aromatic nitrogens is 1. The summed E-state index contributed by atoms with van der Waals surface area (Å²) in [5.74, 6) is 1.82. The number of anilines is 1. The molecule has 4 aliphatic carbocycles. The fraction of sp³-hybridized carbons (Fsp3) is 0.742. The molecule has 1 heterocycles. The fourth-order valence-corrected chi connectivity index (χ4v) is 10.7. The van der Waals surface area contributed by atoms with Crippen LogP contribution in [0, 0.1) is 46.3 Å². The van der Waals surface area contributed by atoms with Gasteiger partial charge in [-0.15, -0.1) is 0 Å². The molecule has 208 valence electrons. The number of rotatable bonds is 5. The number of aliphatic hydroxyl groups excluding tert-OH is 3. The lowest BCUT2D eigenvalue weighted by Gasteiger charge is -2.63. The van der Waals surface area contributed by atoms with Gasteiger partial charge in [0.1, 0.15) is 0 Å². The molecule has 4 fully saturated rings. The first kappa shape index (κ1) is 26.7. The molecule has 4 aliphatic rings. The molecule has 1 aromatic carbocycles. The van der Waals surface area contributed by atoms with Gasteiger partial charge in [0.15, 0.2) is 5.13 Å². The Hall–Kier alpha value is -1.54. The average molecular weight is 541 g/mol. The van der Waals surface area contributed by atoms with Crippen molar-refractivity contribution in [2.45, 2.75) is 96.9 Å². The number of hydrogen-bond acceptors (Lipinski definition) is 6. The van der Waals surface area contributed by atoms with Crippen molar-refractivity contribution in [2.24, 2.45) is 46.3 Å². The molecule has 7 heteroatoms. The first-order chi connectivity index (χ1) is 18.1. The number of hydrogen-bond donors (Lipinski definition) is 4. The number of benzene rings is 1. The summed E-state index contributed by atoms with van der Waals surface area (Å²) in [4.78, 5) is 17.3. The molecule has 11 atom stereocenters. The third-order valence-corrected chi connectivity index (χ3v) is 12.8. The molecule has 0 radical (unpaired) electrons. The zero-order valence-electron chi connectivity index (χ0n) is 23.0. The summed E-state index contributed by atoms with van der Waals surface area (Å²) in [5.41, 5.74) is 0.765. The Morgan fingerprint density at radius 1 is 1.11 bits per heavy atom. The van der Waals surface area contributed by atoms with E-state index in [4.69, 9.17) is 0 Å². The van der Waals surface area contributed by atoms with Crippen LogP contribution in [0.4, 0.5) is 5.13 Å². The van der Waals surface area contributed by atoms with Gasteiger partial charge in [-0.05, 0) is 110 Å². The third-order valence-electron chi connectivity index (χ3n) is 11.9. The Bertz CT molecular complexity index is 1150. The number of thiazole rings is 1. The van der Waals surface area contributed by atoms with Crippen molar-refractivity contribution in [1.82, 2.24) is 4.98 Å². The summed E-state index contributed by atoms with van der Waals surface area (Å²) in [6, 6.07) is 7.92. The topological polar surface area (TPSA) is 103 Å². The summed E-state index contributed by atoms with van der Waals surface area (Å²) in [5, 5.41) is 37.2. The number of aliphatic hydroxyl groups is 3. The maximum Gasteiger partial charge on any atom is 0.226 e. The smallest absolute Gasteiger partial charge is 0.226 e. The number of amides is 1. The Morgan fingerprint density at radius 2 is 1.89 bits per heavy atom. The molecule has 38 heavy (non-hydrogen) atoms. The quantitative estimate of drug-likeness (QED) is 0.395. The van der Waals surface area contributed by atoms with Gasteiger partial charge in [-0.2, -0.15) is 0 Å². The number of fused-ring (bicyclic) bond motifs is 6. The van der Waals surface area contributed by atoms with E-state index in [1.165, 1.54) is 11.3 Å². The van der Waals surface area contributed by atoms with Gasteiger partial charge in [-0.3, -0.25) is 4.79 Å². The minimum Gasteiger partial charge on any atom is -0.393 e. The van der Waals surface area contributed by atoms with E-state index in [0.717, 1.165) is 61.6 Å². The third kappa shape index (κ3) is 4.23. The van der Waals surface area contributed by atoms with Crippen LogP contribution in [-0.4, -0.2) is 44.5 Å². The molecular formula is C31H44N2O4S. The standard InChI is InChI=1S/C31H44N2O4S/c1-17(8-11-27(37)33-29-32-23-6-4-5-7-25(23)38-29)20-9-10-21-28-22(16-26(36)31(20,21)3)30(2)13-12-19(34)14-18(30)15-24(28)35/h4-7,17-22,24,26,28,34-36H,8-16H2,1-3H3,(H,32,33,37)/t17-,18-,19-,20+,21-,22-,24-,26+,28+,30+,31-/m1/s1. The van der Waals surface area contributed by atoms with Gasteiger partial charge in [0.25, 0.3) is 0 Å². The van der Waals surface area contributed by atoms with E-state index in [0.29, 0.717) is 41.1 Å². The number of para-hydroxylation sites is 1. The largest absolute Gasteiger partial charge is 0.393 e. The van der Waals surface area contributed by atoms with E-state index in [2.05, 4.69) is 31.1 Å². The van der Waals surface area contributed by atoms with E-state index < -0.39 is 6.10 Å². The van der Waals surface area contributed by atoms with Crippen molar-refractivity contribution < 1.29 is 20.1 Å². The zero-order chi connectivity index (χ0) is 26.8. The first-order valence-electron chi connectivity index (χ1n) is 14.8. The van der Waals surface area contributed by atoms with Gasteiger partial charge in [0.2, 0.25) is 5.91 Å². The van der Waals surface area contributed by atoms with Crippen LogP contribution >= 0.6 is 11.3 Å². The first-order valence-corrected chi connectivity index (χ1v) is 15.6. The van der Waals surface area contributed by atoms with Gasteiger partial charge in [-0.1, -0.05) is 44.2 Å². The van der Waals surface area contributed by atoms with Crippen LogP contribution in [0.1, 0.15) is 78.6 Å². The minimum absolute atomic E-state index is 0.000943. The molecule has 0 aliphatic heterocycles. The highest BCUT2D eigenvalue weighted by Crippen LogP contribution is 2.68. The molecule has 2 aromatic rings. The second-order valence-corrected chi connectivity index (χ2v) is 14.6. The normalized spacial score (nSPS) is 43.2. The van der Waals surface area contributed by atoms with Crippen LogP contribution < -0.4 is 5.32 Å². The van der Waals surface area contributed by atoms with Gasteiger partial charge in [-0.25, -0.2) is 4.98 Å². The molecule has 6 nitrogen and oxygen atoms in total. The van der Waals surface area contributed by atoms with Gasteiger partial charge < -0.3 is 20.6 Å². The van der Waals surface area contributed by atoms with Crippen LogP contribution in [0.5, 0.6) is 0 Å². The molecule has 0 saturated heterocycles. The highest BCUT2D eigenvalue weighted by atomic mass is 32.1. The van der Waals surface area contributed by atoms with Crippen LogP contribution in [0.2, 0.25) is 0 Å². The maximum atomic E-state index is 12.8. The van der Waals surface area contributed by atoms with Gasteiger partial charge in [0, 0.05) is 6.42 Å². The Balaban J connectivity index is 1.13. The van der Waals surface area contributed by atoms with Crippen molar-refractivity contribution in [3.63, 3.8) is 0 Å². The molecule has 6 rings (SSSR count). The van der Waals surface area contributed by atoms with Crippen molar-refractivity contribution in [2.75, 3.05) is 5.32 Å². The lowest BCUT2D eigenvalue weighted by Crippen LogP contribution is -2.62. The summed E-state index contributed by atoms with van der Waals surface area (Å²) in [6.07, 6.45) is 6.47. The van der Waals surface area contributed by atoms with Crippen molar-refractivity contribution in [3.05, 3.63) is 24.3 Å². The minimum atomic E-state index is -0.394. The number of nitrogens with one attached hydrogen (secondary N) is 1. The fourth-order valence-electron chi connectivity index (χ4n) is 9.80. The maximum absolute atomic E-state index is 12.8. The second kappa shape index (κ2) is 9.83. The number of carbonyl (C=O) groups excluding carboxylic acids is 1. The van der Waals surface area contributed by atoms with Crippen LogP contribution in [0.25, 0.3) is 10.2 Å². The molecule has 4 N–H and O–H groups in total. The predicted molar refractivity (Wildman–Crippen MR) is 151 cm³/mol. The zero-order valence-corrected chi connectivity index (χ0v) is 23.8. The molecule has 1 aromatic heterocycles. The van der Waals surface area contributed by atoms with Crippen molar-refractivity contribution >= 4 is 32.6 Å². The van der Waals surface area contributed by atoms with E-state index in [-0.39, 0.29) is 34.9 Å². The summed E-state index contributed by atoms with van der Waals surface area (Å²) in [6.45, 7) is 6.90. The molecule has 0 spiro atoms. The van der Waals surface area contributed by atoms with Gasteiger partial charge >= 0.3 is 0 Å². The molecule has 1 amide bonds. The lowest BCUT2D eigenvalue weighted by molar-refractivity contribution is -0.207. The SMILES string of the molecule is C[C@H](CCC(=O)Nc1nc2ccccc2s1)[C@@H]1CC[C@@H]2[C@@H]3[C@H](O)C[C@H]4C[C@H](O)CC[C@]4(C)[C@@H]3C[C@H](O)[C@@]21C. The Kier molecular flexibility index (Phi) is 6.90. The van der Waals surface area contributed by atoms with Crippen LogP contribution in [-0.2, 0) is 4.79 Å². The average Bonchev–Trinajstić information content (AvgIpc) is 3.45. The van der Waals surface area contributed by atoms with E-state index >= 15 is 0 Å². The number of carbonyl (C=O) groups is 1. The van der Waals surface area contributed by atoms with Gasteiger partial charge in [0.05, 0.1) is 28.5 Å². The molecule has 0 unspecified atom stereocenters. The van der Waals surface area contributed by atoms with Crippen molar-refractivity contribution in [3.8, 4) is 0 Å². The van der Waals surface area contributed by atoms with Crippen LogP contribution in [0.3, 0.4) is 0 Å².